The molecular weight excluding hydrogens is 270 g/mol. The summed E-state index contributed by atoms with van der Waals surface area (Å²) in [7, 11) is 0. The minimum Gasteiger partial charge on any atom is -0.396 e. The van der Waals surface area contributed by atoms with Gasteiger partial charge in [-0.15, -0.1) is 0 Å². The topological polar surface area (TPSA) is 88.2 Å². The first-order valence-corrected chi connectivity index (χ1v) is 6.84. The van der Waals surface area contributed by atoms with Gasteiger partial charge in [-0.05, 0) is 31.9 Å². The maximum Gasteiger partial charge on any atom is 0.258 e. The largest absolute Gasteiger partial charge is 0.396 e. The molecule has 0 saturated heterocycles. The Labute approximate surface area is 123 Å². The Bertz CT molecular complexity index is 624. The van der Waals surface area contributed by atoms with Crippen molar-refractivity contribution in [3.8, 4) is 11.5 Å². The number of nitrogens with one attached hydrogen (secondary N) is 1. The quantitative estimate of drug-likeness (QED) is 0.876. The average Bonchev–Trinajstić information content (AvgIpc) is 2.92. The van der Waals surface area contributed by atoms with Crippen LogP contribution in [0, 0.1) is 12.8 Å². The molecule has 6 nitrogen and oxygen atoms in total. The molecule has 2 unspecified atom stereocenters. The van der Waals surface area contributed by atoms with E-state index in [1.807, 2.05) is 19.9 Å². The first kappa shape index (κ1) is 15.2. The van der Waals surface area contributed by atoms with Crippen LogP contribution in [0.4, 0.5) is 0 Å². The maximum absolute atomic E-state index is 12.4. The van der Waals surface area contributed by atoms with Gasteiger partial charge in [-0.2, -0.15) is 4.98 Å². The highest BCUT2D eigenvalue weighted by atomic mass is 16.5. The second kappa shape index (κ2) is 6.49. The number of aliphatic hydroxyl groups is 1. The van der Waals surface area contributed by atoms with E-state index in [2.05, 4.69) is 15.5 Å². The Hall–Kier alpha value is -2.21. The van der Waals surface area contributed by atoms with Gasteiger partial charge in [0.1, 0.15) is 0 Å². The summed E-state index contributed by atoms with van der Waals surface area (Å²) in [4.78, 5) is 16.6. The van der Waals surface area contributed by atoms with Gasteiger partial charge in [0.05, 0.1) is 11.1 Å². The minimum absolute atomic E-state index is 0.0198. The van der Waals surface area contributed by atoms with E-state index in [9.17, 15) is 4.79 Å². The summed E-state index contributed by atoms with van der Waals surface area (Å²) >= 11 is 0. The number of hydrogen-bond acceptors (Lipinski definition) is 5. The van der Waals surface area contributed by atoms with Crippen LogP contribution in [0.5, 0.6) is 0 Å². The molecule has 1 amide bonds. The number of amides is 1. The predicted molar refractivity (Wildman–Crippen MR) is 77.6 cm³/mol. The minimum atomic E-state index is -0.228. The van der Waals surface area contributed by atoms with E-state index in [1.54, 1.807) is 25.1 Å². The second-order valence-corrected chi connectivity index (χ2v) is 5.11. The van der Waals surface area contributed by atoms with Gasteiger partial charge >= 0.3 is 0 Å². The monoisotopic (exact) mass is 289 g/mol. The van der Waals surface area contributed by atoms with E-state index in [-0.39, 0.29) is 24.5 Å². The van der Waals surface area contributed by atoms with Crippen LogP contribution in [0.25, 0.3) is 11.5 Å². The van der Waals surface area contributed by atoms with Crippen molar-refractivity contribution in [3.63, 3.8) is 0 Å². The average molecular weight is 289 g/mol. The molecule has 2 N–H and O–H groups in total. The SMILES string of the molecule is Cc1noc(-c2ccccc2C(=O)NC(C)C(C)CO)n1. The summed E-state index contributed by atoms with van der Waals surface area (Å²) in [5.74, 6) is 0.588. The van der Waals surface area contributed by atoms with Crippen LogP contribution in [0.15, 0.2) is 28.8 Å². The lowest BCUT2D eigenvalue weighted by atomic mass is 10.0. The molecule has 21 heavy (non-hydrogen) atoms. The Balaban J connectivity index is 2.26. The highest BCUT2D eigenvalue weighted by molar-refractivity contribution is 6.00. The van der Waals surface area contributed by atoms with Crippen molar-refractivity contribution in [2.45, 2.75) is 26.8 Å². The summed E-state index contributed by atoms with van der Waals surface area (Å²) in [6.07, 6.45) is 0. The number of aliphatic hydroxyl groups excluding tert-OH is 1. The van der Waals surface area contributed by atoms with Gasteiger partial charge in [-0.3, -0.25) is 4.79 Å². The smallest absolute Gasteiger partial charge is 0.258 e. The fourth-order valence-corrected chi connectivity index (χ4v) is 1.86. The Morgan fingerprint density at radius 3 is 2.71 bits per heavy atom. The lowest BCUT2D eigenvalue weighted by Gasteiger charge is -2.19. The number of aryl methyl sites for hydroxylation is 1. The van der Waals surface area contributed by atoms with Crippen molar-refractivity contribution >= 4 is 5.91 Å². The number of carbonyl (C=O) groups is 1. The first-order valence-electron chi connectivity index (χ1n) is 6.84. The number of carbonyl (C=O) groups excluding carboxylic acids is 1. The number of benzene rings is 1. The van der Waals surface area contributed by atoms with Crippen LogP contribution in [0.2, 0.25) is 0 Å². The molecule has 0 aliphatic heterocycles. The van der Waals surface area contributed by atoms with Gasteiger partial charge in [0, 0.05) is 12.6 Å². The summed E-state index contributed by atoms with van der Waals surface area (Å²) in [6, 6.07) is 6.93. The lowest BCUT2D eigenvalue weighted by molar-refractivity contribution is 0.0916. The zero-order valence-corrected chi connectivity index (χ0v) is 12.3. The number of nitrogens with zero attached hydrogens (tertiary/aromatic N) is 2. The number of rotatable bonds is 5. The Morgan fingerprint density at radius 2 is 2.10 bits per heavy atom. The lowest BCUT2D eigenvalue weighted by Crippen LogP contribution is -2.38. The van der Waals surface area contributed by atoms with E-state index >= 15 is 0 Å². The summed E-state index contributed by atoms with van der Waals surface area (Å²) < 4.78 is 5.13. The second-order valence-electron chi connectivity index (χ2n) is 5.11. The van der Waals surface area contributed by atoms with E-state index in [4.69, 9.17) is 9.63 Å². The van der Waals surface area contributed by atoms with E-state index < -0.39 is 0 Å². The molecule has 0 spiro atoms. The molecule has 0 fully saturated rings. The summed E-state index contributed by atoms with van der Waals surface area (Å²) in [6.45, 7) is 5.48. The third-order valence-electron chi connectivity index (χ3n) is 3.43. The molecule has 1 heterocycles. The van der Waals surface area contributed by atoms with Crippen LogP contribution in [0.3, 0.4) is 0 Å². The van der Waals surface area contributed by atoms with E-state index in [1.165, 1.54) is 0 Å². The molecule has 2 rings (SSSR count). The van der Waals surface area contributed by atoms with Crippen LogP contribution >= 0.6 is 0 Å². The molecule has 2 aromatic rings. The van der Waals surface area contributed by atoms with Gasteiger partial charge in [0.25, 0.3) is 11.8 Å². The van der Waals surface area contributed by atoms with Crippen molar-refractivity contribution < 1.29 is 14.4 Å². The van der Waals surface area contributed by atoms with Crippen LogP contribution < -0.4 is 5.32 Å². The molecule has 0 aliphatic rings. The number of hydrogen-bond donors (Lipinski definition) is 2. The van der Waals surface area contributed by atoms with Crippen molar-refractivity contribution in [2.75, 3.05) is 6.61 Å². The van der Waals surface area contributed by atoms with Gasteiger partial charge in [-0.25, -0.2) is 0 Å². The predicted octanol–water partition coefficient (Wildman–Crippen LogP) is 1.79. The maximum atomic E-state index is 12.4. The fourth-order valence-electron chi connectivity index (χ4n) is 1.86. The number of aromatic nitrogens is 2. The Morgan fingerprint density at radius 1 is 1.38 bits per heavy atom. The van der Waals surface area contributed by atoms with Crippen LogP contribution in [-0.2, 0) is 0 Å². The normalized spacial score (nSPS) is 13.7. The molecule has 1 aromatic carbocycles. The van der Waals surface area contributed by atoms with Gasteiger partial charge < -0.3 is 14.9 Å². The van der Waals surface area contributed by atoms with Crippen molar-refractivity contribution in [1.82, 2.24) is 15.5 Å². The molecule has 112 valence electrons. The molecule has 6 heteroatoms. The molecule has 0 aliphatic carbocycles. The standard InChI is InChI=1S/C15H19N3O3/c1-9(8-19)10(2)16-14(20)12-6-4-5-7-13(12)15-17-11(3)18-21-15/h4-7,9-10,19H,8H2,1-3H3,(H,16,20). The highest BCUT2D eigenvalue weighted by Gasteiger charge is 2.20. The zero-order chi connectivity index (χ0) is 15.4. The van der Waals surface area contributed by atoms with Crippen molar-refractivity contribution in [3.05, 3.63) is 35.7 Å². The van der Waals surface area contributed by atoms with Crippen LogP contribution in [0.1, 0.15) is 30.0 Å². The van der Waals surface area contributed by atoms with Crippen molar-refractivity contribution in [2.24, 2.45) is 5.92 Å². The molecule has 0 saturated carbocycles. The molecular formula is C15H19N3O3. The Kier molecular flexibility index (Phi) is 4.70. The zero-order valence-electron chi connectivity index (χ0n) is 12.3. The van der Waals surface area contributed by atoms with Crippen molar-refractivity contribution in [1.29, 1.82) is 0 Å². The third kappa shape index (κ3) is 3.46. The van der Waals surface area contributed by atoms with E-state index in [0.717, 1.165) is 0 Å². The molecule has 0 radical (unpaired) electrons. The highest BCUT2D eigenvalue weighted by Crippen LogP contribution is 2.22. The summed E-state index contributed by atoms with van der Waals surface area (Å²) in [5.41, 5.74) is 1.07. The fraction of sp³-hybridized carbons (Fsp3) is 0.400. The van der Waals surface area contributed by atoms with Crippen LogP contribution in [-0.4, -0.2) is 33.8 Å². The third-order valence-corrected chi connectivity index (χ3v) is 3.43. The first-order chi connectivity index (χ1) is 10.0. The van der Waals surface area contributed by atoms with Gasteiger partial charge in [0.15, 0.2) is 5.82 Å². The molecule has 0 bridgehead atoms. The molecule has 1 aromatic heterocycles. The van der Waals surface area contributed by atoms with Gasteiger partial charge in [0.2, 0.25) is 0 Å². The van der Waals surface area contributed by atoms with Gasteiger partial charge in [-0.1, -0.05) is 24.2 Å². The molecule has 2 atom stereocenters. The van der Waals surface area contributed by atoms with E-state index in [0.29, 0.717) is 22.8 Å². The summed E-state index contributed by atoms with van der Waals surface area (Å²) in [5, 5.41) is 15.8.